The predicted molar refractivity (Wildman–Crippen MR) is 126 cm³/mol. The van der Waals surface area contributed by atoms with Crippen LogP contribution in [0, 0.1) is 0 Å². The number of hydrogen-bond acceptors (Lipinski definition) is 1. The van der Waals surface area contributed by atoms with E-state index in [4.69, 9.17) is 0 Å². The van der Waals surface area contributed by atoms with Gasteiger partial charge >= 0.3 is 0 Å². The first kappa shape index (κ1) is 20.6. The van der Waals surface area contributed by atoms with Crippen LogP contribution in [0.3, 0.4) is 0 Å². The molecule has 3 aromatic heterocycles. The molecule has 0 atom stereocenters. The van der Waals surface area contributed by atoms with E-state index >= 15 is 0 Å². The van der Waals surface area contributed by atoms with Crippen molar-refractivity contribution in [2.45, 2.75) is 39.0 Å². The fraction of sp³-hybridized carbons (Fsp3) is 0.296. The van der Waals surface area contributed by atoms with Crippen molar-refractivity contribution in [2.75, 3.05) is 18.0 Å². The molecule has 3 nitrogen and oxygen atoms in total. The fourth-order valence-electron chi connectivity index (χ4n) is 5.14. The van der Waals surface area contributed by atoms with Crippen LogP contribution in [0.5, 0.6) is 0 Å². The molecule has 6 rings (SSSR count). The van der Waals surface area contributed by atoms with Gasteiger partial charge in [-0.15, -0.1) is 0 Å². The highest BCUT2D eigenvalue weighted by atomic mass is 127. The van der Waals surface area contributed by atoms with Crippen LogP contribution in [0.25, 0.3) is 33.0 Å². The molecule has 0 aliphatic carbocycles. The molecule has 0 bridgehead atoms. The van der Waals surface area contributed by atoms with Crippen LogP contribution in [0.1, 0.15) is 38.2 Å². The maximum atomic E-state index is 2.57. The van der Waals surface area contributed by atoms with Gasteiger partial charge in [0, 0.05) is 35.6 Å². The number of imidazole rings is 1. The minimum Gasteiger partial charge on any atom is -1.00 e. The molecule has 4 heterocycles. The summed E-state index contributed by atoms with van der Waals surface area (Å²) in [7, 11) is 0. The summed E-state index contributed by atoms with van der Waals surface area (Å²) in [6, 6.07) is 22.9. The lowest BCUT2D eigenvalue weighted by molar-refractivity contribution is -0.479. The zero-order chi connectivity index (χ0) is 20.1. The van der Waals surface area contributed by atoms with Gasteiger partial charge in [-0.05, 0) is 73.4 Å². The van der Waals surface area contributed by atoms with E-state index in [0.717, 1.165) is 6.42 Å². The predicted octanol–water partition coefficient (Wildman–Crippen LogP) is 2.93. The van der Waals surface area contributed by atoms with E-state index in [1.807, 2.05) is 0 Å². The van der Waals surface area contributed by atoms with Crippen molar-refractivity contribution in [1.82, 2.24) is 4.40 Å². The second-order valence-corrected chi connectivity index (χ2v) is 8.68. The molecule has 158 valence electrons. The molecule has 31 heavy (non-hydrogen) atoms. The van der Waals surface area contributed by atoms with Crippen molar-refractivity contribution in [3.8, 4) is 0 Å². The van der Waals surface area contributed by atoms with Crippen molar-refractivity contribution in [3.63, 3.8) is 0 Å². The van der Waals surface area contributed by atoms with Crippen LogP contribution >= 0.6 is 0 Å². The number of anilines is 1. The van der Waals surface area contributed by atoms with Gasteiger partial charge in [0.25, 0.3) is 5.65 Å². The van der Waals surface area contributed by atoms with Crippen LogP contribution in [0.15, 0.2) is 66.9 Å². The summed E-state index contributed by atoms with van der Waals surface area (Å²) in [4.78, 5) is 2.57. The van der Waals surface area contributed by atoms with Crippen LogP contribution in [-0.2, 0) is 6.42 Å². The first-order chi connectivity index (χ1) is 14.8. The Morgan fingerprint density at radius 2 is 1.61 bits per heavy atom. The number of pyridine rings is 2. The second kappa shape index (κ2) is 8.30. The molecule has 1 aliphatic rings. The molecule has 0 radical (unpaired) electrons. The molecule has 4 heteroatoms. The van der Waals surface area contributed by atoms with Crippen molar-refractivity contribution in [1.29, 1.82) is 0 Å². The van der Waals surface area contributed by atoms with E-state index in [1.165, 1.54) is 83.0 Å². The smallest absolute Gasteiger partial charge is 0.292 e. The third-order valence-corrected chi connectivity index (χ3v) is 6.82. The summed E-state index contributed by atoms with van der Waals surface area (Å²) >= 11 is 0. The van der Waals surface area contributed by atoms with Gasteiger partial charge in [-0.1, -0.05) is 25.8 Å². The lowest BCUT2D eigenvalue weighted by Gasteiger charge is -2.22. The number of aryl methyl sites for hydroxylation is 1. The number of halogens is 1. The topological polar surface area (TPSA) is 11.8 Å². The van der Waals surface area contributed by atoms with Gasteiger partial charge in [-0.3, -0.25) is 0 Å². The third kappa shape index (κ3) is 3.45. The molecular formula is C27H28IN3. The molecule has 1 saturated heterocycles. The highest BCUT2D eigenvalue weighted by Gasteiger charge is 2.18. The average Bonchev–Trinajstić information content (AvgIpc) is 2.97. The molecule has 0 spiro atoms. The van der Waals surface area contributed by atoms with Gasteiger partial charge in [-0.2, -0.15) is 8.80 Å². The monoisotopic (exact) mass is 521 g/mol. The van der Waals surface area contributed by atoms with Gasteiger partial charge in [-0.25, -0.2) is 0 Å². The Morgan fingerprint density at radius 3 is 2.42 bits per heavy atom. The van der Waals surface area contributed by atoms with Gasteiger partial charge in [0.1, 0.15) is 17.2 Å². The number of benzene rings is 2. The van der Waals surface area contributed by atoms with E-state index < -0.39 is 0 Å². The van der Waals surface area contributed by atoms with Crippen molar-refractivity contribution >= 4 is 38.7 Å². The summed E-state index contributed by atoms with van der Waals surface area (Å²) in [6.45, 7) is 4.58. The summed E-state index contributed by atoms with van der Waals surface area (Å²) in [5.74, 6) is 0. The Hall–Kier alpha value is -2.34. The molecule has 2 aromatic carbocycles. The maximum absolute atomic E-state index is 2.57. The van der Waals surface area contributed by atoms with Crippen molar-refractivity contribution < 1.29 is 28.4 Å². The van der Waals surface area contributed by atoms with Gasteiger partial charge in [0.2, 0.25) is 0 Å². The van der Waals surface area contributed by atoms with Gasteiger partial charge in [0.15, 0.2) is 5.52 Å². The summed E-state index contributed by atoms with van der Waals surface area (Å²) in [5, 5.41) is 2.61. The molecule has 0 saturated carbocycles. The van der Waals surface area contributed by atoms with E-state index in [1.54, 1.807) is 0 Å². The van der Waals surface area contributed by atoms with E-state index in [-0.39, 0.29) is 24.0 Å². The maximum Gasteiger partial charge on any atom is 0.292 e. The van der Waals surface area contributed by atoms with Crippen LogP contribution in [0.4, 0.5) is 5.69 Å². The molecule has 0 amide bonds. The zero-order valence-corrected chi connectivity index (χ0v) is 20.2. The summed E-state index contributed by atoms with van der Waals surface area (Å²) in [5.41, 5.74) is 7.75. The normalized spacial score (nSPS) is 14.9. The Bertz CT molecular complexity index is 1390. The number of aromatic nitrogens is 2. The quantitative estimate of drug-likeness (QED) is 0.257. The molecule has 0 N–H and O–H groups in total. The minimum absolute atomic E-state index is 0. The highest BCUT2D eigenvalue weighted by Crippen LogP contribution is 2.27. The summed E-state index contributed by atoms with van der Waals surface area (Å²) in [6.07, 6.45) is 8.69. The van der Waals surface area contributed by atoms with E-state index in [2.05, 4.69) is 87.5 Å². The lowest BCUT2D eigenvalue weighted by Crippen LogP contribution is -3.00. The van der Waals surface area contributed by atoms with Gasteiger partial charge in [0.05, 0.1) is 0 Å². The van der Waals surface area contributed by atoms with Crippen molar-refractivity contribution in [3.05, 3.63) is 72.4 Å². The largest absolute Gasteiger partial charge is 1.00 e. The average molecular weight is 521 g/mol. The number of hydrogen-bond donors (Lipinski definition) is 0. The standard InChI is InChI=1S/C27H28N3.HI/c1-2-20-7-12-25-21(17-20)9-14-27-29(25)19-24-10-8-22-18-23(11-13-26(22)30(24)27)28-15-5-3-4-6-16-28;/h7-14,17-19H,2-6,15-16H2,1H3;1H/q+1;/p-1. The molecule has 5 aromatic rings. The first-order valence-electron chi connectivity index (χ1n) is 11.4. The number of fused-ring (bicyclic) bond motifs is 7. The molecule has 1 fully saturated rings. The lowest BCUT2D eigenvalue weighted by atomic mass is 10.1. The third-order valence-electron chi connectivity index (χ3n) is 6.82. The fourth-order valence-corrected chi connectivity index (χ4v) is 5.14. The van der Waals surface area contributed by atoms with Crippen LogP contribution in [0.2, 0.25) is 0 Å². The van der Waals surface area contributed by atoms with E-state index in [9.17, 15) is 0 Å². The molecule has 1 aliphatic heterocycles. The van der Waals surface area contributed by atoms with E-state index in [0.29, 0.717) is 0 Å². The Kier molecular flexibility index (Phi) is 5.51. The minimum atomic E-state index is 0. The van der Waals surface area contributed by atoms with Crippen LogP contribution < -0.4 is 33.3 Å². The SMILES string of the molecule is CCc1ccc2c(ccc3n4c(ccc5cc(N6CCCCCC6)ccc54)c[n+]23)c1.[I-]. The van der Waals surface area contributed by atoms with Crippen molar-refractivity contribution in [2.24, 2.45) is 0 Å². The zero-order valence-electron chi connectivity index (χ0n) is 18.0. The summed E-state index contributed by atoms with van der Waals surface area (Å²) < 4.78 is 4.74. The molecule has 0 unspecified atom stereocenters. The Balaban J connectivity index is 0.00000204. The van der Waals surface area contributed by atoms with Crippen LogP contribution in [-0.4, -0.2) is 17.5 Å². The Labute approximate surface area is 200 Å². The Morgan fingerprint density at radius 1 is 0.806 bits per heavy atom. The number of nitrogens with zero attached hydrogens (tertiary/aromatic N) is 3. The van der Waals surface area contributed by atoms with Gasteiger partial charge < -0.3 is 28.9 Å². The second-order valence-electron chi connectivity index (χ2n) is 8.68. The molecular weight excluding hydrogens is 493 g/mol. The first-order valence-corrected chi connectivity index (χ1v) is 11.4. The highest BCUT2D eigenvalue weighted by molar-refractivity contribution is 5.88. The number of rotatable bonds is 2.